The van der Waals surface area contributed by atoms with E-state index in [0.717, 1.165) is 11.6 Å². The molecule has 1 aromatic heterocycles. The number of anilines is 1. The van der Waals surface area contributed by atoms with Crippen molar-refractivity contribution in [3.8, 4) is 0 Å². The summed E-state index contributed by atoms with van der Waals surface area (Å²) in [6, 6.07) is 7.85. The van der Waals surface area contributed by atoms with E-state index in [-0.39, 0.29) is 5.82 Å². The molecule has 112 valence electrons. The Kier molecular flexibility index (Phi) is 4.58. The number of benzene rings is 1. The lowest BCUT2D eigenvalue weighted by atomic mass is 10.2. The first kappa shape index (κ1) is 15.9. The third kappa shape index (κ3) is 4.22. The number of alkyl halides is 3. The van der Waals surface area contributed by atoms with E-state index in [1.165, 1.54) is 0 Å². The number of rotatable bonds is 3. The molecular weight excluding hydrogens is 326 g/mol. The van der Waals surface area contributed by atoms with Crippen molar-refractivity contribution in [3.05, 3.63) is 51.9 Å². The van der Waals surface area contributed by atoms with Gasteiger partial charge in [0.25, 0.3) is 0 Å². The summed E-state index contributed by atoms with van der Waals surface area (Å²) in [6.07, 6.45) is -4.57. The summed E-state index contributed by atoms with van der Waals surface area (Å²) in [5, 5.41) is 0.147. The fourth-order valence-corrected chi connectivity index (χ4v) is 1.99. The molecule has 0 unspecified atom stereocenters. The second kappa shape index (κ2) is 6.07. The first-order valence-corrected chi connectivity index (χ1v) is 6.58. The minimum Gasteiger partial charge on any atom is -0.355 e. The van der Waals surface area contributed by atoms with Crippen LogP contribution in [0.1, 0.15) is 11.3 Å². The first-order chi connectivity index (χ1) is 9.75. The molecule has 0 aliphatic heterocycles. The summed E-state index contributed by atoms with van der Waals surface area (Å²) in [5.41, 5.74) is -0.189. The zero-order valence-electron chi connectivity index (χ0n) is 10.8. The molecule has 1 heterocycles. The lowest BCUT2D eigenvalue weighted by Crippen LogP contribution is -2.19. The highest BCUT2D eigenvalue weighted by Crippen LogP contribution is 2.30. The van der Waals surface area contributed by atoms with Gasteiger partial charge < -0.3 is 4.90 Å². The molecule has 0 aliphatic rings. The van der Waals surface area contributed by atoms with Crippen molar-refractivity contribution in [3.63, 3.8) is 0 Å². The van der Waals surface area contributed by atoms with Crippen LogP contribution in [0.3, 0.4) is 0 Å². The van der Waals surface area contributed by atoms with Gasteiger partial charge in [0.2, 0.25) is 5.28 Å². The van der Waals surface area contributed by atoms with Crippen LogP contribution >= 0.6 is 23.2 Å². The fraction of sp³-hybridized carbons (Fsp3) is 0.231. The molecule has 0 bridgehead atoms. The van der Waals surface area contributed by atoms with E-state index in [2.05, 4.69) is 9.97 Å². The van der Waals surface area contributed by atoms with Crippen molar-refractivity contribution in [2.24, 2.45) is 0 Å². The molecule has 0 radical (unpaired) electrons. The summed E-state index contributed by atoms with van der Waals surface area (Å²) < 4.78 is 38.1. The van der Waals surface area contributed by atoms with Gasteiger partial charge in [0.15, 0.2) is 5.69 Å². The topological polar surface area (TPSA) is 29.0 Å². The van der Waals surface area contributed by atoms with Gasteiger partial charge in [-0.3, -0.25) is 0 Å². The van der Waals surface area contributed by atoms with Crippen LogP contribution in [-0.4, -0.2) is 17.0 Å². The molecule has 0 spiro atoms. The van der Waals surface area contributed by atoms with Gasteiger partial charge in [0.05, 0.1) is 0 Å². The molecule has 2 aromatic rings. The molecule has 0 atom stereocenters. The average molecular weight is 336 g/mol. The summed E-state index contributed by atoms with van der Waals surface area (Å²) in [6.45, 7) is 0.363. The number of aromatic nitrogens is 2. The van der Waals surface area contributed by atoms with Crippen molar-refractivity contribution >= 4 is 29.0 Å². The smallest absolute Gasteiger partial charge is 0.355 e. The van der Waals surface area contributed by atoms with Crippen molar-refractivity contribution in [2.45, 2.75) is 12.7 Å². The summed E-state index contributed by atoms with van der Waals surface area (Å²) in [4.78, 5) is 8.55. The molecule has 0 fully saturated rings. The van der Waals surface area contributed by atoms with Gasteiger partial charge in [-0.1, -0.05) is 23.7 Å². The highest BCUT2D eigenvalue weighted by atomic mass is 35.5. The van der Waals surface area contributed by atoms with Gasteiger partial charge in [-0.25, -0.2) is 9.97 Å². The SMILES string of the molecule is CN(Cc1ccc(Cl)cc1)c1cc(C(F)(F)F)nc(Cl)n1. The first-order valence-electron chi connectivity index (χ1n) is 5.83. The fourth-order valence-electron chi connectivity index (χ4n) is 1.69. The second-order valence-electron chi connectivity index (χ2n) is 4.36. The van der Waals surface area contributed by atoms with Crippen molar-refractivity contribution in [1.29, 1.82) is 0 Å². The Morgan fingerprint density at radius 2 is 1.71 bits per heavy atom. The van der Waals surface area contributed by atoms with E-state index in [1.807, 2.05) is 0 Å². The highest BCUT2D eigenvalue weighted by molar-refractivity contribution is 6.30. The lowest BCUT2D eigenvalue weighted by molar-refractivity contribution is -0.141. The van der Waals surface area contributed by atoms with Crippen LogP contribution in [0, 0.1) is 0 Å². The average Bonchev–Trinajstić information content (AvgIpc) is 2.39. The van der Waals surface area contributed by atoms with Crippen LogP contribution < -0.4 is 4.90 Å². The summed E-state index contributed by atoms with van der Waals surface area (Å²) in [5.74, 6) is 0.0947. The van der Waals surface area contributed by atoms with Crippen LogP contribution in [0.2, 0.25) is 10.3 Å². The maximum atomic E-state index is 12.7. The zero-order chi connectivity index (χ0) is 15.6. The Labute approximate surface area is 129 Å². The number of hydrogen-bond donors (Lipinski definition) is 0. The normalized spacial score (nSPS) is 11.5. The molecule has 0 saturated heterocycles. The number of halogens is 5. The van der Waals surface area contributed by atoms with Gasteiger partial charge in [0.1, 0.15) is 5.82 Å². The largest absolute Gasteiger partial charge is 0.433 e. The molecule has 0 amide bonds. The van der Waals surface area contributed by atoms with E-state index < -0.39 is 17.2 Å². The second-order valence-corrected chi connectivity index (χ2v) is 5.14. The number of hydrogen-bond acceptors (Lipinski definition) is 3. The third-order valence-electron chi connectivity index (χ3n) is 2.70. The van der Waals surface area contributed by atoms with E-state index in [1.54, 1.807) is 36.2 Å². The van der Waals surface area contributed by atoms with Crippen LogP contribution in [0.5, 0.6) is 0 Å². The molecule has 0 aliphatic carbocycles. The van der Waals surface area contributed by atoms with Gasteiger partial charge in [-0.2, -0.15) is 13.2 Å². The Bertz CT molecular complexity index is 630. The van der Waals surface area contributed by atoms with Crippen LogP contribution in [0.15, 0.2) is 30.3 Å². The number of nitrogens with zero attached hydrogens (tertiary/aromatic N) is 3. The van der Waals surface area contributed by atoms with E-state index in [0.29, 0.717) is 11.6 Å². The Morgan fingerprint density at radius 3 is 2.29 bits per heavy atom. The lowest BCUT2D eigenvalue weighted by Gasteiger charge is -2.19. The van der Waals surface area contributed by atoms with Gasteiger partial charge in [-0.15, -0.1) is 0 Å². The maximum Gasteiger partial charge on any atom is 0.433 e. The molecular formula is C13H10Cl2F3N3. The quantitative estimate of drug-likeness (QED) is 0.776. The molecule has 2 rings (SSSR count). The molecule has 0 saturated carbocycles. The Balaban J connectivity index is 2.24. The molecule has 3 nitrogen and oxygen atoms in total. The molecule has 8 heteroatoms. The predicted molar refractivity (Wildman–Crippen MR) is 75.6 cm³/mol. The summed E-state index contributed by atoms with van der Waals surface area (Å²) >= 11 is 11.3. The van der Waals surface area contributed by atoms with Crippen LogP contribution in [-0.2, 0) is 12.7 Å². The monoisotopic (exact) mass is 335 g/mol. The standard InChI is InChI=1S/C13H10Cl2F3N3/c1-21(7-8-2-4-9(14)5-3-8)11-6-10(13(16,17)18)19-12(15)20-11/h2-6H,7H2,1H3. The Hall–Kier alpha value is -1.53. The van der Waals surface area contributed by atoms with E-state index in [9.17, 15) is 13.2 Å². The highest BCUT2D eigenvalue weighted by Gasteiger charge is 2.33. The van der Waals surface area contributed by atoms with Crippen LogP contribution in [0.4, 0.5) is 19.0 Å². The zero-order valence-corrected chi connectivity index (χ0v) is 12.3. The summed E-state index contributed by atoms with van der Waals surface area (Å²) in [7, 11) is 1.62. The molecule has 0 N–H and O–H groups in total. The van der Waals surface area contributed by atoms with E-state index in [4.69, 9.17) is 23.2 Å². The minimum absolute atomic E-state index is 0.0947. The maximum absolute atomic E-state index is 12.7. The van der Waals surface area contributed by atoms with Gasteiger partial charge >= 0.3 is 6.18 Å². The molecule has 1 aromatic carbocycles. The van der Waals surface area contributed by atoms with E-state index >= 15 is 0 Å². The predicted octanol–water partition coefficient (Wildman–Crippen LogP) is 4.44. The van der Waals surface area contributed by atoms with Crippen molar-refractivity contribution < 1.29 is 13.2 Å². The molecule has 21 heavy (non-hydrogen) atoms. The van der Waals surface area contributed by atoms with Gasteiger partial charge in [0, 0.05) is 24.7 Å². The Morgan fingerprint density at radius 1 is 1.10 bits per heavy atom. The minimum atomic E-state index is -4.57. The van der Waals surface area contributed by atoms with Gasteiger partial charge in [-0.05, 0) is 29.3 Å². The van der Waals surface area contributed by atoms with Crippen molar-refractivity contribution in [2.75, 3.05) is 11.9 Å². The van der Waals surface area contributed by atoms with Crippen LogP contribution in [0.25, 0.3) is 0 Å². The van der Waals surface area contributed by atoms with Crippen molar-refractivity contribution in [1.82, 2.24) is 9.97 Å². The third-order valence-corrected chi connectivity index (χ3v) is 3.12.